The van der Waals surface area contributed by atoms with Gasteiger partial charge in [-0.3, -0.25) is 0 Å². The van der Waals surface area contributed by atoms with Crippen LogP contribution in [-0.2, 0) is 0 Å². The maximum atomic E-state index is 10.6. The Bertz CT molecular complexity index is 208. The summed E-state index contributed by atoms with van der Waals surface area (Å²) < 4.78 is 0. The monoisotopic (exact) mass is 198 g/mol. The van der Waals surface area contributed by atoms with Crippen molar-refractivity contribution in [3.05, 3.63) is 12.2 Å². The molecule has 4 nitrogen and oxygen atoms in total. The van der Waals surface area contributed by atoms with Gasteiger partial charge in [-0.2, -0.15) is 0 Å². The first-order valence-corrected chi connectivity index (χ1v) is 5.07. The van der Waals surface area contributed by atoms with Gasteiger partial charge in [0.25, 0.3) is 0 Å². The fourth-order valence-corrected chi connectivity index (χ4v) is 1.74. The summed E-state index contributed by atoms with van der Waals surface area (Å²) in [7, 11) is 0. The number of nitrogens with zero attached hydrogens (tertiary/aromatic N) is 1. The van der Waals surface area contributed by atoms with Crippen LogP contribution in [0.5, 0.6) is 0 Å². The highest BCUT2D eigenvalue weighted by Gasteiger charge is 2.20. The molecule has 14 heavy (non-hydrogen) atoms. The minimum atomic E-state index is -0.791. The van der Waals surface area contributed by atoms with E-state index in [1.165, 1.54) is 4.90 Å². The maximum Gasteiger partial charge on any atom is 0.407 e. The predicted octanol–water partition coefficient (Wildman–Crippen LogP) is 1.28. The van der Waals surface area contributed by atoms with Crippen LogP contribution in [0.3, 0.4) is 0 Å². The van der Waals surface area contributed by atoms with Crippen LogP contribution < -0.4 is 5.73 Å². The van der Waals surface area contributed by atoms with E-state index < -0.39 is 6.09 Å². The summed E-state index contributed by atoms with van der Waals surface area (Å²) in [5.41, 5.74) is 5.33. The lowest BCUT2D eigenvalue weighted by atomic mass is 9.93. The minimum Gasteiger partial charge on any atom is -0.465 e. The van der Waals surface area contributed by atoms with Crippen LogP contribution in [0.25, 0.3) is 0 Å². The van der Waals surface area contributed by atoms with E-state index in [0.29, 0.717) is 25.6 Å². The first-order valence-electron chi connectivity index (χ1n) is 5.07. The van der Waals surface area contributed by atoms with Gasteiger partial charge in [-0.15, -0.1) is 0 Å². The lowest BCUT2D eigenvalue weighted by molar-refractivity contribution is 0.125. The second-order valence-electron chi connectivity index (χ2n) is 3.66. The van der Waals surface area contributed by atoms with Gasteiger partial charge >= 0.3 is 6.09 Å². The van der Waals surface area contributed by atoms with E-state index in [4.69, 9.17) is 10.8 Å². The van der Waals surface area contributed by atoms with Gasteiger partial charge in [0.2, 0.25) is 0 Å². The Kier molecular flexibility index (Phi) is 4.46. The largest absolute Gasteiger partial charge is 0.465 e. The number of amides is 1. The molecule has 1 saturated heterocycles. The normalized spacial score (nSPS) is 19.1. The van der Waals surface area contributed by atoms with E-state index in [9.17, 15) is 4.79 Å². The fraction of sp³-hybridized carbons (Fsp3) is 0.700. The van der Waals surface area contributed by atoms with Crippen LogP contribution in [0, 0.1) is 5.92 Å². The van der Waals surface area contributed by atoms with Crippen molar-refractivity contribution in [3.63, 3.8) is 0 Å². The zero-order chi connectivity index (χ0) is 10.4. The Morgan fingerprint density at radius 2 is 2.07 bits per heavy atom. The van der Waals surface area contributed by atoms with E-state index in [-0.39, 0.29) is 0 Å². The van der Waals surface area contributed by atoms with Gasteiger partial charge in [0.15, 0.2) is 0 Å². The van der Waals surface area contributed by atoms with Gasteiger partial charge in [0.1, 0.15) is 0 Å². The number of rotatable bonds is 3. The number of likely N-dealkylation sites (tertiary alicyclic amines) is 1. The lowest BCUT2D eigenvalue weighted by Crippen LogP contribution is -2.37. The number of piperidine rings is 1. The number of hydrogen-bond donors (Lipinski definition) is 2. The van der Waals surface area contributed by atoms with E-state index in [1.54, 1.807) is 0 Å². The summed E-state index contributed by atoms with van der Waals surface area (Å²) in [5, 5.41) is 8.73. The number of carbonyl (C=O) groups is 1. The Hall–Kier alpha value is -1.03. The Labute approximate surface area is 84.4 Å². The summed E-state index contributed by atoms with van der Waals surface area (Å²) in [6.07, 6.45) is 6.25. The molecule has 80 valence electrons. The molecule has 0 spiro atoms. The highest BCUT2D eigenvalue weighted by molar-refractivity contribution is 5.64. The van der Waals surface area contributed by atoms with Gasteiger partial charge < -0.3 is 15.7 Å². The molecule has 1 fully saturated rings. The molecule has 0 aromatic carbocycles. The number of hydrogen-bond acceptors (Lipinski definition) is 2. The summed E-state index contributed by atoms with van der Waals surface area (Å²) in [4.78, 5) is 12.1. The number of allylic oxidation sites excluding steroid dienone is 1. The summed E-state index contributed by atoms with van der Waals surface area (Å²) in [6.45, 7) is 1.95. The van der Waals surface area contributed by atoms with Crippen molar-refractivity contribution in [2.45, 2.75) is 19.3 Å². The van der Waals surface area contributed by atoms with Crippen molar-refractivity contribution in [1.29, 1.82) is 0 Å². The molecular weight excluding hydrogens is 180 g/mol. The average molecular weight is 198 g/mol. The zero-order valence-corrected chi connectivity index (χ0v) is 8.35. The van der Waals surface area contributed by atoms with Crippen molar-refractivity contribution >= 4 is 6.09 Å². The highest BCUT2D eigenvalue weighted by atomic mass is 16.4. The van der Waals surface area contributed by atoms with Gasteiger partial charge in [0.05, 0.1) is 0 Å². The van der Waals surface area contributed by atoms with Crippen LogP contribution in [0.15, 0.2) is 12.2 Å². The molecular formula is C10H18N2O2. The molecule has 0 unspecified atom stereocenters. The minimum absolute atomic E-state index is 0.591. The molecule has 3 N–H and O–H groups in total. The fourth-order valence-electron chi connectivity index (χ4n) is 1.74. The highest BCUT2D eigenvalue weighted by Crippen LogP contribution is 2.20. The Morgan fingerprint density at radius 1 is 1.43 bits per heavy atom. The Balaban J connectivity index is 2.22. The smallest absolute Gasteiger partial charge is 0.407 e. The van der Waals surface area contributed by atoms with Crippen LogP contribution in [0.4, 0.5) is 4.79 Å². The predicted molar refractivity (Wildman–Crippen MR) is 55.1 cm³/mol. The van der Waals surface area contributed by atoms with E-state index in [0.717, 1.165) is 19.3 Å². The van der Waals surface area contributed by atoms with Crippen LogP contribution in [-0.4, -0.2) is 35.7 Å². The maximum absolute atomic E-state index is 10.6. The van der Waals surface area contributed by atoms with Gasteiger partial charge in [-0.25, -0.2) is 4.79 Å². The quantitative estimate of drug-likeness (QED) is 0.671. The first-order chi connectivity index (χ1) is 6.74. The molecule has 0 bridgehead atoms. The zero-order valence-electron chi connectivity index (χ0n) is 8.35. The van der Waals surface area contributed by atoms with Gasteiger partial charge in [0, 0.05) is 19.6 Å². The third kappa shape index (κ3) is 3.38. The molecule has 1 rings (SSSR count). The Morgan fingerprint density at radius 3 is 2.57 bits per heavy atom. The van der Waals surface area contributed by atoms with Crippen molar-refractivity contribution < 1.29 is 9.90 Å². The molecule has 0 aliphatic carbocycles. The number of nitrogens with two attached hydrogens (primary N) is 1. The number of carboxylic acid groups (broad SMARTS) is 1. The van der Waals surface area contributed by atoms with Crippen molar-refractivity contribution in [2.24, 2.45) is 11.7 Å². The molecule has 0 radical (unpaired) electrons. The van der Waals surface area contributed by atoms with Crippen molar-refractivity contribution in [3.8, 4) is 0 Å². The third-order valence-corrected chi connectivity index (χ3v) is 2.66. The van der Waals surface area contributed by atoms with E-state index in [2.05, 4.69) is 6.08 Å². The van der Waals surface area contributed by atoms with Crippen LogP contribution in [0.2, 0.25) is 0 Å². The molecule has 0 saturated carbocycles. The molecule has 0 atom stereocenters. The van der Waals surface area contributed by atoms with Gasteiger partial charge in [-0.1, -0.05) is 12.2 Å². The van der Waals surface area contributed by atoms with E-state index in [1.807, 2.05) is 6.08 Å². The second-order valence-corrected chi connectivity index (χ2v) is 3.66. The molecule has 1 heterocycles. The first kappa shape index (κ1) is 11.0. The second kappa shape index (κ2) is 5.65. The van der Waals surface area contributed by atoms with E-state index >= 15 is 0 Å². The third-order valence-electron chi connectivity index (χ3n) is 2.66. The van der Waals surface area contributed by atoms with Crippen LogP contribution in [0.1, 0.15) is 19.3 Å². The molecule has 1 amide bonds. The SMILES string of the molecule is NC/C=C/CC1CCN(C(=O)O)CC1. The molecule has 1 aliphatic heterocycles. The standard InChI is InChI=1S/C10H18N2O2/c11-6-2-1-3-9-4-7-12(8-5-9)10(13)14/h1-2,9H,3-8,11H2,(H,13,14)/b2-1+. The molecule has 0 aromatic heterocycles. The summed E-state index contributed by atoms with van der Waals surface area (Å²) in [6, 6.07) is 0. The van der Waals surface area contributed by atoms with Gasteiger partial charge in [-0.05, 0) is 25.2 Å². The average Bonchev–Trinajstić information content (AvgIpc) is 2.19. The topological polar surface area (TPSA) is 66.6 Å². The van der Waals surface area contributed by atoms with Crippen LogP contribution >= 0.6 is 0 Å². The summed E-state index contributed by atoms with van der Waals surface area (Å²) in [5.74, 6) is 0.633. The lowest BCUT2D eigenvalue weighted by Gasteiger charge is -2.29. The summed E-state index contributed by atoms with van der Waals surface area (Å²) >= 11 is 0. The molecule has 0 aromatic rings. The van der Waals surface area contributed by atoms with Crippen molar-refractivity contribution in [2.75, 3.05) is 19.6 Å². The van der Waals surface area contributed by atoms with Crippen molar-refractivity contribution in [1.82, 2.24) is 4.90 Å². The molecule has 1 aliphatic rings. The molecule has 4 heteroatoms.